The zero-order valence-electron chi connectivity index (χ0n) is 11.2. The van der Waals surface area contributed by atoms with E-state index in [1.807, 2.05) is 13.8 Å². The second-order valence-corrected chi connectivity index (χ2v) is 5.51. The Morgan fingerprint density at radius 3 is 2.50 bits per heavy atom. The zero-order valence-corrected chi connectivity index (χ0v) is 12.8. The third kappa shape index (κ3) is 3.45. The lowest BCUT2D eigenvalue weighted by atomic mass is 10.0. The van der Waals surface area contributed by atoms with Gasteiger partial charge in [-0.25, -0.2) is 4.39 Å². The molecule has 104 valence electrons. The van der Waals surface area contributed by atoms with Gasteiger partial charge < -0.3 is 4.74 Å². The number of benzene rings is 2. The number of carbonyl (C=O) groups is 1. The fourth-order valence-corrected chi connectivity index (χ4v) is 2.17. The molecular weight excluding hydrogens is 323 g/mol. The number of carbonyl (C=O) groups excluding carboxylic acids is 1. The van der Waals surface area contributed by atoms with Gasteiger partial charge in [-0.1, -0.05) is 12.1 Å². The van der Waals surface area contributed by atoms with Crippen LogP contribution in [0.5, 0.6) is 5.75 Å². The monoisotopic (exact) mass is 336 g/mol. The molecule has 0 saturated carbocycles. The average Bonchev–Trinajstić information content (AvgIpc) is 2.40. The molecule has 0 aliphatic rings. The SMILES string of the molecule is CC(C)Oc1cccc(C(=O)c2ccc(F)c(Br)c2)c1. The Morgan fingerprint density at radius 2 is 1.85 bits per heavy atom. The maximum Gasteiger partial charge on any atom is 0.193 e. The summed E-state index contributed by atoms with van der Waals surface area (Å²) in [6.07, 6.45) is 0.0420. The lowest BCUT2D eigenvalue weighted by molar-refractivity contribution is 0.103. The minimum Gasteiger partial charge on any atom is -0.491 e. The molecule has 2 nitrogen and oxygen atoms in total. The van der Waals surface area contributed by atoms with Crippen LogP contribution in [0.25, 0.3) is 0 Å². The van der Waals surface area contributed by atoms with Crippen LogP contribution in [0.3, 0.4) is 0 Å². The number of ketones is 1. The van der Waals surface area contributed by atoms with Crippen LogP contribution >= 0.6 is 15.9 Å². The predicted octanol–water partition coefficient (Wildman–Crippen LogP) is 4.61. The predicted molar refractivity (Wildman–Crippen MR) is 79.7 cm³/mol. The third-order valence-electron chi connectivity index (χ3n) is 2.65. The van der Waals surface area contributed by atoms with Gasteiger partial charge in [-0.3, -0.25) is 4.79 Å². The first kappa shape index (κ1) is 14.7. The molecule has 0 radical (unpaired) electrons. The minimum absolute atomic E-state index is 0.0420. The molecule has 2 aromatic rings. The highest BCUT2D eigenvalue weighted by molar-refractivity contribution is 9.10. The summed E-state index contributed by atoms with van der Waals surface area (Å²) >= 11 is 3.08. The Balaban J connectivity index is 2.30. The Kier molecular flexibility index (Phi) is 4.55. The van der Waals surface area contributed by atoms with Gasteiger partial charge in [-0.05, 0) is 60.1 Å². The van der Waals surface area contributed by atoms with Crippen molar-refractivity contribution in [3.8, 4) is 5.75 Å². The summed E-state index contributed by atoms with van der Waals surface area (Å²) in [7, 11) is 0. The number of halogens is 2. The van der Waals surface area contributed by atoms with Crippen molar-refractivity contribution >= 4 is 21.7 Å². The largest absolute Gasteiger partial charge is 0.491 e. The Morgan fingerprint density at radius 1 is 1.15 bits per heavy atom. The molecular formula is C16H14BrFO2. The van der Waals surface area contributed by atoms with E-state index >= 15 is 0 Å². The van der Waals surface area contributed by atoms with Crippen molar-refractivity contribution in [3.05, 3.63) is 63.9 Å². The number of ether oxygens (including phenoxy) is 1. The highest BCUT2D eigenvalue weighted by Gasteiger charge is 2.12. The van der Waals surface area contributed by atoms with E-state index in [9.17, 15) is 9.18 Å². The van der Waals surface area contributed by atoms with E-state index in [2.05, 4.69) is 15.9 Å². The molecule has 0 amide bonds. The van der Waals surface area contributed by atoms with Gasteiger partial charge in [0.2, 0.25) is 0 Å². The molecule has 0 heterocycles. The molecule has 0 aliphatic heterocycles. The van der Waals surface area contributed by atoms with Crippen molar-refractivity contribution in [2.45, 2.75) is 20.0 Å². The molecule has 0 fully saturated rings. The van der Waals surface area contributed by atoms with Gasteiger partial charge in [0.15, 0.2) is 5.78 Å². The molecule has 2 aromatic carbocycles. The Hall–Kier alpha value is -1.68. The fraction of sp³-hybridized carbons (Fsp3) is 0.188. The second-order valence-electron chi connectivity index (χ2n) is 4.65. The Labute approximate surface area is 125 Å². The Bertz CT molecular complexity index is 638. The van der Waals surface area contributed by atoms with Crippen LogP contribution in [0.15, 0.2) is 46.9 Å². The minimum atomic E-state index is -0.390. The first-order valence-electron chi connectivity index (χ1n) is 6.24. The summed E-state index contributed by atoms with van der Waals surface area (Å²) in [4.78, 5) is 12.3. The van der Waals surface area contributed by atoms with Gasteiger partial charge in [-0.2, -0.15) is 0 Å². The van der Waals surface area contributed by atoms with Gasteiger partial charge in [0, 0.05) is 11.1 Å². The summed E-state index contributed by atoms with van der Waals surface area (Å²) in [6, 6.07) is 11.2. The van der Waals surface area contributed by atoms with E-state index in [1.54, 1.807) is 24.3 Å². The smallest absolute Gasteiger partial charge is 0.193 e. The lowest BCUT2D eigenvalue weighted by Crippen LogP contribution is -2.07. The van der Waals surface area contributed by atoms with E-state index in [-0.39, 0.29) is 16.4 Å². The van der Waals surface area contributed by atoms with Crippen molar-refractivity contribution in [1.82, 2.24) is 0 Å². The molecule has 0 bridgehead atoms. The molecule has 0 spiro atoms. The normalized spacial score (nSPS) is 10.7. The molecule has 0 atom stereocenters. The highest BCUT2D eigenvalue weighted by atomic mass is 79.9. The second kappa shape index (κ2) is 6.18. The molecule has 0 aliphatic carbocycles. The molecule has 0 aromatic heterocycles. The van der Waals surface area contributed by atoms with E-state index in [0.717, 1.165) is 0 Å². The lowest BCUT2D eigenvalue weighted by Gasteiger charge is -2.10. The standard InChI is InChI=1S/C16H14BrFO2/c1-10(2)20-13-5-3-4-11(8-13)16(19)12-6-7-15(18)14(17)9-12/h3-10H,1-2H3. The first-order valence-corrected chi connectivity index (χ1v) is 7.03. The summed E-state index contributed by atoms with van der Waals surface area (Å²) in [6.45, 7) is 3.84. The number of hydrogen-bond acceptors (Lipinski definition) is 2. The van der Waals surface area contributed by atoms with Crippen molar-refractivity contribution in [3.63, 3.8) is 0 Å². The van der Waals surface area contributed by atoms with Gasteiger partial charge in [0.05, 0.1) is 10.6 Å². The number of rotatable bonds is 4. The van der Waals surface area contributed by atoms with Crippen LogP contribution in [0.1, 0.15) is 29.8 Å². The van der Waals surface area contributed by atoms with Crippen LogP contribution in [0.4, 0.5) is 4.39 Å². The molecule has 2 rings (SSSR count). The van der Waals surface area contributed by atoms with Crippen molar-refractivity contribution in [2.24, 2.45) is 0 Å². The molecule has 20 heavy (non-hydrogen) atoms. The van der Waals surface area contributed by atoms with Gasteiger partial charge >= 0.3 is 0 Å². The molecule has 0 unspecified atom stereocenters. The van der Waals surface area contributed by atoms with Crippen LogP contribution < -0.4 is 4.74 Å². The molecule has 0 saturated heterocycles. The van der Waals surface area contributed by atoms with E-state index in [1.165, 1.54) is 18.2 Å². The maximum absolute atomic E-state index is 13.2. The van der Waals surface area contributed by atoms with Gasteiger partial charge in [0.1, 0.15) is 11.6 Å². The summed E-state index contributed by atoms with van der Waals surface area (Å²) in [5.74, 6) is 0.0883. The van der Waals surface area contributed by atoms with E-state index in [4.69, 9.17) is 4.74 Å². The van der Waals surface area contributed by atoms with Crippen molar-refractivity contribution in [1.29, 1.82) is 0 Å². The van der Waals surface area contributed by atoms with Crippen LogP contribution in [-0.2, 0) is 0 Å². The quantitative estimate of drug-likeness (QED) is 0.762. The van der Waals surface area contributed by atoms with Crippen LogP contribution in [0.2, 0.25) is 0 Å². The summed E-state index contributed by atoms with van der Waals surface area (Å²) in [5.41, 5.74) is 0.946. The first-order chi connectivity index (χ1) is 9.47. The van der Waals surface area contributed by atoms with E-state index < -0.39 is 5.82 Å². The summed E-state index contributed by atoms with van der Waals surface area (Å²) < 4.78 is 19.0. The average molecular weight is 337 g/mol. The van der Waals surface area contributed by atoms with Gasteiger partial charge in [-0.15, -0.1) is 0 Å². The number of hydrogen-bond donors (Lipinski definition) is 0. The van der Waals surface area contributed by atoms with Crippen LogP contribution in [0, 0.1) is 5.82 Å². The molecule has 4 heteroatoms. The molecule has 0 N–H and O–H groups in total. The topological polar surface area (TPSA) is 26.3 Å². The summed E-state index contributed by atoms with van der Waals surface area (Å²) in [5, 5.41) is 0. The van der Waals surface area contributed by atoms with Gasteiger partial charge in [0.25, 0.3) is 0 Å². The van der Waals surface area contributed by atoms with Crippen LogP contribution in [-0.4, -0.2) is 11.9 Å². The zero-order chi connectivity index (χ0) is 14.7. The van der Waals surface area contributed by atoms with Crippen molar-refractivity contribution < 1.29 is 13.9 Å². The van der Waals surface area contributed by atoms with E-state index in [0.29, 0.717) is 16.9 Å². The fourth-order valence-electron chi connectivity index (χ4n) is 1.79. The van der Waals surface area contributed by atoms with Crippen molar-refractivity contribution in [2.75, 3.05) is 0 Å². The third-order valence-corrected chi connectivity index (χ3v) is 3.26. The highest BCUT2D eigenvalue weighted by Crippen LogP contribution is 2.21. The maximum atomic E-state index is 13.2.